The number of aldehydes is 1. The SMILES string of the molecule is O=CCc1cccc(-c2ccc(=O)n(Cc3ccccc3)n2)c1. The largest absolute Gasteiger partial charge is 0.303 e. The molecule has 0 aliphatic rings. The first-order valence-electron chi connectivity index (χ1n) is 7.41. The zero-order valence-electron chi connectivity index (χ0n) is 12.6. The van der Waals surface area contributed by atoms with Crippen molar-refractivity contribution in [2.75, 3.05) is 0 Å². The van der Waals surface area contributed by atoms with Crippen molar-refractivity contribution < 1.29 is 4.79 Å². The fourth-order valence-electron chi connectivity index (χ4n) is 2.43. The number of aromatic nitrogens is 2. The van der Waals surface area contributed by atoms with Gasteiger partial charge in [-0.05, 0) is 23.3 Å². The van der Waals surface area contributed by atoms with Crippen LogP contribution in [0.2, 0.25) is 0 Å². The van der Waals surface area contributed by atoms with Crippen molar-refractivity contribution in [3.63, 3.8) is 0 Å². The fraction of sp³-hybridized carbons (Fsp3) is 0.105. The zero-order chi connectivity index (χ0) is 16.1. The molecule has 4 heteroatoms. The normalized spacial score (nSPS) is 10.4. The first kappa shape index (κ1) is 14.9. The lowest BCUT2D eigenvalue weighted by Crippen LogP contribution is -2.22. The Bertz CT molecular complexity index is 870. The van der Waals surface area contributed by atoms with E-state index in [1.165, 1.54) is 10.7 Å². The molecule has 0 saturated heterocycles. The van der Waals surface area contributed by atoms with E-state index < -0.39 is 0 Å². The maximum absolute atomic E-state index is 12.0. The van der Waals surface area contributed by atoms with E-state index in [2.05, 4.69) is 5.10 Å². The molecule has 0 bridgehead atoms. The molecule has 2 aromatic carbocycles. The van der Waals surface area contributed by atoms with Crippen LogP contribution in [0.25, 0.3) is 11.3 Å². The molecule has 0 aliphatic heterocycles. The number of hydrogen-bond donors (Lipinski definition) is 0. The van der Waals surface area contributed by atoms with Gasteiger partial charge in [-0.1, -0.05) is 48.5 Å². The topological polar surface area (TPSA) is 52.0 Å². The number of rotatable bonds is 5. The van der Waals surface area contributed by atoms with Crippen LogP contribution in [0.4, 0.5) is 0 Å². The van der Waals surface area contributed by atoms with E-state index in [9.17, 15) is 9.59 Å². The van der Waals surface area contributed by atoms with Gasteiger partial charge in [0.25, 0.3) is 5.56 Å². The monoisotopic (exact) mass is 304 g/mol. The molecule has 0 spiro atoms. The average molecular weight is 304 g/mol. The van der Waals surface area contributed by atoms with E-state index in [0.717, 1.165) is 23.0 Å². The molecule has 114 valence electrons. The van der Waals surface area contributed by atoms with Gasteiger partial charge in [-0.3, -0.25) is 4.79 Å². The van der Waals surface area contributed by atoms with Gasteiger partial charge in [-0.25, -0.2) is 4.68 Å². The summed E-state index contributed by atoms with van der Waals surface area (Å²) in [5, 5.41) is 4.45. The van der Waals surface area contributed by atoms with Gasteiger partial charge in [-0.2, -0.15) is 5.10 Å². The van der Waals surface area contributed by atoms with Gasteiger partial charge in [-0.15, -0.1) is 0 Å². The molecule has 4 nitrogen and oxygen atoms in total. The van der Waals surface area contributed by atoms with Crippen molar-refractivity contribution in [2.24, 2.45) is 0 Å². The smallest absolute Gasteiger partial charge is 0.267 e. The van der Waals surface area contributed by atoms with E-state index in [1.807, 2.05) is 54.6 Å². The van der Waals surface area contributed by atoms with Gasteiger partial charge in [0, 0.05) is 18.1 Å². The highest BCUT2D eigenvalue weighted by Crippen LogP contribution is 2.17. The Morgan fingerprint density at radius 3 is 2.48 bits per heavy atom. The lowest BCUT2D eigenvalue weighted by molar-refractivity contribution is -0.107. The first-order valence-corrected chi connectivity index (χ1v) is 7.41. The van der Waals surface area contributed by atoms with Gasteiger partial charge in [0.1, 0.15) is 6.29 Å². The first-order chi connectivity index (χ1) is 11.3. The summed E-state index contributed by atoms with van der Waals surface area (Å²) in [6.07, 6.45) is 1.25. The van der Waals surface area contributed by atoms with Crippen molar-refractivity contribution in [3.8, 4) is 11.3 Å². The van der Waals surface area contributed by atoms with Gasteiger partial charge in [0.15, 0.2) is 0 Å². The summed E-state index contributed by atoms with van der Waals surface area (Å²) in [5.41, 5.74) is 3.43. The fourth-order valence-corrected chi connectivity index (χ4v) is 2.43. The Hall–Kier alpha value is -3.01. The second kappa shape index (κ2) is 6.83. The quantitative estimate of drug-likeness (QED) is 0.681. The Morgan fingerprint density at radius 2 is 1.70 bits per heavy atom. The maximum atomic E-state index is 12.0. The predicted molar refractivity (Wildman–Crippen MR) is 89.2 cm³/mol. The molecule has 0 N–H and O–H groups in total. The Balaban J connectivity index is 1.95. The molecule has 0 atom stereocenters. The van der Waals surface area contributed by atoms with Crippen LogP contribution in [0, 0.1) is 0 Å². The highest BCUT2D eigenvalue weighted by atomic mass is 16.1. The minimum Gasteiger partial charge on any atom is -0.303 e. The van der Waals surface area contributed by atoms with E-state index >= 15 is 0 Å². The Morgan fingerprint density at radius 1 is 0.913 bits per heavy atom. The Labute approximate surface area is 134 Å². The van der Waals surface area contributed by atoms with Crippen molar-refractivity contribution in [3.05, 3.63) is 88.2 Å². The molecule has 0 aliphatic carbocycles. The second-order valence-electron chi connectivity index (χ2n) is 5.27. The highest BCUT2D eigenvalue weighted by Gasteiger charge is 2.05. The van der Waals surface area contributed by atoms with Gasteiger partial charge < -0.3 is 4.79 Å². The van der Waals surface area contributed by atoms with Crippen LogP contribution in [-0.2, 0) is 17.8 Å². The lowest BCUT2D eigenvalue weighted by Gasteiger charge is -2.08. The third kappa shape index (κ3) is 3.61. The van der Waals surface area contributed by atoms with E-state index in [0.29, 0.717) is 18.7 Å². The summed E-state index contributed by atoms with van der Waals surface area (Å²) in [7, 11) is 0. The van der Waals surface area contributed by atoms with Crippen molar-refractivity contribution in [1.82, 2.24) is 9.78 Å². The molecule has 0 saturated carbocycles. The van der Waals surface area contributed by atoms with E-state index in [-0.39, 0.29) is 5.56 Å². The number of carbonyl (C=O) groups excluding carboxylic acids is 1. The van der Waals surface area contributed by atoms with E-state index in [1.54, 1.807) is 6.07 Å². The summed E-state index contributed by atoms with van der Waals surface area (Å²) in [4.78, 5) is 22.7. The summed E-state index contributed by atoms with van der Waals surface area (Å²) in [6.45, 7) is 0.432. The lowest BCUT2D eigenvalue weighted by atomic mass is 10.1. The van der Waals surface area contributed by atoms with Gasteiger partial charge in [0.05, 0.1) is 12.2 Å². The molecule has 3 rings (SSSR count). The predicted octanol–water partition coefficient (Wildman–Crippen LogP) is 2.70. The third-order valence-corrected chi connectivity index (χ3v) is 3.58. The highest BCUT2D eigenvalue weighted by molar-refractivity contribution is 5.62. The second-order valence-corrected chi connectivity index (χ2v) is 5.27. The summed E-state index contributed by atoms with van der Waals surface area (Å²) in [6, 6.07) is 20.6. The maximum Gasteiger partial charge on any atom is 0.267 e. The Kier molecular flexibility index (Phi) is 4.43. The van der Waals surface area contributed by atoms with Crippen molar-refractivity contribution >= 4 is 6.29 Å². The minimum atomic E-state index is -0.137. The molecule has 0 radical (unpaired) electrons. The molecule has 3 aromatic rings. The van der Waals surface area contributed by atoms with Crippen LogP contribution in [0.1, 0.15) is 11.1 Å². The number of hydrogen-bond acceptors (Lipinski definition) is 3. The van der Waals surface area contributed by atoms with Crippen LogP contribution in [0.5, 0.6) is 0 Å². The van der Waals surface area contributed by atoms with Crippen LogP contribution in [-0.4, -0.2) is 16.1 Å². The number of carbonyl (C=O) groups is 1. The number of nitrogens with zero attached hydrogens (tertiary/aromatic N) is 2. The van der Waals surface area contributed by atoms with Crippen LogP contribution in [0.3, 0.4) is 0 Å². The minimum absolute atomic E-state index is 0.137. The number of benzene rings is 2. The summed E-state index contributed by atoms with van der Waals surface area (Å²) < 4.78 is 1.46. The van der Waals surface area contributed by atoms with Crippen molar-refractivity contribution in [1.29, 1.82) is 0 Å². The summed E-state index contributed by atoms with van der Waals surface area (Å²) in [5.74, 6) is 0. The molecule has 23 heavy (non-hydrogen) atoms. The van der Waals surface area contributed by atoms with Gasteiger partial charge in [0.2, 0.25) is 0 Å². The standard InChI is InChI=1S/C19H16N2O2/c22-12-11-15-7-4-8-17(13-15)18-9-10-19(23)21(20-18)14-16-5-2-1-3-6-16/h1-10,12-13H,11,14H2. The van der Waals surface area contributed by atoms with Crippen LogP contribution < -0.4 is 5.56 Å². The van der Waals surface area contributed by atoms with Crippen LogP contribution >= 0.6 is 0 Å². The van der Waals surface area contributed by atoms with Crippen molar-refractivity contribution in [2.45, 2.75) is 13.0 Å². The molecule has 0 fully saturated rings. The molecule has 1 aromatic heterocycles. The summed E-state index contributed by atoms with van der Waals surface area (Å²) >= 11 is 0. The van der Waals surface area contributed by atoms with E-state index in [4.69, 9.17) is 0 Å². The van der Waals surface area contributed by atoms with Crippen LogP contribution in [0.15, 0.2) is 71.5 Å². The van der Waals surface area contributed by atoms with Gasteiger partial charge >= 0.3 is 0 Å². The molecule has 0 unspecified atom stereocenters. The molecular formula is C19H16N2O2. The molecule has 0 amide bonds. The molecular weight excluding hydrogens is 288 g/mol. The zero-order valence-corrected chi connectivity index (χ0v) is 12.6. The average Bonchev–Trinajstić information content (AvgIpc) is 2.58. The molecule has 1 heterocycles. The third-order valence-electron chi connectivity index (χ3n) is 3.58.